The maximum atomic E-state index is 12.3. The summed E-state index contributed by atoms with van der Waals surface area (Å²) in [6.07, 6.45) is 0.357. The van der Waals surface area contributed by atoms with Gasteiger partial charge < -0.3 is 19.5 Å². The Morgan fingerprint density at radius 2 is 1.92 bits per heavy atom. The highest BCUT2D eigenvalue weighted by Crippen LogP contribution is 2.31. The monoisotopic (exact) mass is 364 g/mol. The minimum atomic E-state index is -1.04. The fraction of sp³-hybridized carbons (Fsp3) is 0.235. The number of para-hydroxylation sites is 1. The molecule has 1 amide bonds. The van der Waals surface area contributed by atoms with Gasteiger partial charge in [0.2, 0.25) is 0 Å². The molecule has 25 heavy (non-hydrogen) atoms. The molecule has 0 bridgehead atoms. The average Bonchev–Trinajstić information content (AvgIpc) is 2.62. The van der Waals surface area contributed by atoms with Crippen LogP contribution >= 0.6 is 11.6 Å². The first-order valence-corrected chi connectivity index (χ1v) is 7.68. The highest BCUT2D eigenvalue weighted by molar-refractivity contribution is 6.30. The molecule has 0 radical (unpaired) electrons. The van der Waals surface area contributed by atoms with Gasteiger partial charge in [-0.05, 0) is 31.2 Å². The number of nitrogens with one attached hydrogen (secondary N) is 1. The lowest BCUT2D eigenvalue weighted by Gasteiger charge is -2.15. The van der Waals surface area contributed by atoms with E-state index in [-0.39, 0.29) is 11.3 Å². The van der Waals surface area contributed by atoms with Crippen LogP contribution in [0.15, 0.2) is 36.5 Å². The first-order chi connectivity index (χ1) is 12.0. The zero-order chi connectivity index (χ0) is 18.4. The Labute approximate surface area is 149 Å². The standard InChI is InChI=1S/C17H17ClN2O5/c1-10(16(21)20-14-8-7-11(18)9-19-14)25-17(22)12-5-4-6-13(23-2)15(12)24-3/h4-10H,1-3H3,(H,19,20,21)/t10-/m1/s1. The molecule has 1 atom stereocenters. The number of hydrogen-bond acceptors (Lipinski definition) is 6. The number of nitrogens with zero attached hydrogens (tertiary/aromatic N) is 1. The smallest absolute Gasteiger partial charge is 0.342 e. The van der Waals surface area contributed by atoms with Crippen LogP contribution in [0.2, 0.25) is 5.02 Å². The van der Waals surface area contributed by atoms with Crippen LogP contribution in [0.1, 0.15) is 17.3 Å². The zero-order valence-corrected chi connectivity index (χ0v) is 14.7. The van der Waals surface area contributed by atoms with Crippen molar-refractivity contribution in [2.75, 3.05) is 19.5 Å². The van der Waals surface area contributed by atoms with Crippen molar-refractivity contribution in [1.82, 2.24) is 4.98 Å². The molecule has 1 aromatic heterocycles. The summed E-state index contributed by atoms with van der Waals surface area (Å²) in [6.45, 7) is 1.45. The van der Waals surface area contributed by atoms with Crippen molar-refractivity contribution in [2.24, 2.45) is 0 Å². The number of carbonyl (C=O) groups is 2. The maximum Gasteiger partial charge on any atom is 0.342 e. The van der Waals surface area contributed by atoms with Gasteiger partial charge in [-0.25, -0.2) is 9.78 Å². The Hall–Kier alpha value is -2.80. The summed E-state index contributed by atoms with van der Waals surface area (Å²) in [7, 11) is 2.87. The number of rotatable bonds is 6. The van der Waals surface area contributed by atoms with Crippen molar-refractivity contribution >= 4 is 29.3 Å². The molecule has 2 aromatic rings. The van der Waals surface area contributed by atoms with E-state index in [0.29, 0.717) is 16.6 Å². The minimum Gasteiger partial charge on any atom is -0.493 e. The highest BCUT2D eigenvalue weighted by Gasteiger charge is 2.23. The Morgan fingerprint density at radius 1 is 1.16 bits per heavy atom. The van der Waals surface area contributed by atoms with Gasteiger partial charge in [0.15, 0.2) is 17.6 Å². The molecule has 7 nitrogen and oxygen atoms in total. The molecule has 8 heteroatoms. The molecule has 2 rings (SSSR count). The SMILES string of the molecule is COc1cccc(C(=O)O[C@H](C)C(=O)Nc2ccc(Cl)cn2)c1OC. The fourth-order valence-corrected chi connectivity index (χ4v) is 2.11. The van der Waals surface area contributed by atoms with Gasteiger partial charge >= 0.3 is 5.97 Å². The van der Waals surface area contributed by atoms with Crippen LogP contribution in [0, 0.1) is 0 Å². The lowest BCUT2D eigenvalue weighted by Crippen LogP contribution is -2.30. The quantitative estimate of drug-likeness (QED) is 0.793. The third kappa shape index (κ3) is 4.60. The predicted octanol–water partition coefficient (Wildman–Crippen LogP) is 2.94. The van der Waals surface area contributed by atoms with E-state index in [1.807, 2.05) is 0 Å². The number of ether oxygens (including phenoxy) is 3. The third-order valence-corrected chi connectivity index (χ3v) is 3.48. The van der Waals surface area contributed by atoms with Crippen molar-refractivity contribution in [1.29, 1.82) is 0 Å². The minimum absolute atomic E-state index is 0.158. The molecule has 0 aliphatic heterocycles. The van der Waals surface area contributed by atoms with E-state index in [1.54, 1.807) is 24.3 Å². The second-order valence-electron chi connectivity index (χ2n) is 4.94. The van der Waals surface area contributed by atoms with Crippen LogP contribution in [0.25, 0.3) is 0 Å². The molecule has 132 valence electrons. The van der Waals surface area contributed by atoms with E-state index in [2.05, 4.69) is 10.3 Å². The molecule has 0 aliphatic carbocycles. The number of pyridine rings is 1. The van der Waals surface area contributed by atoms with Gasteiger partial charge in [-0.15, -0.1) is 0 Å². The topological polar surface area (TPSA) is 86.8 Å². The van der Waals surface area contributed by atoms with Crippen LogP contribution in [0.4, 0.5) is 5.82 Å². The van der Waals surface area contributed by atoms with Gasteiger partial charge in [-0.2, -0.15) is 0 Å². The first-order valence-electron chi connectivity index (χ1n) is 7.30. The van der Waals surface area contributed by atoms with E-state index >= 15 is 0 Å². The van der Waals surface area contributed by atoms with E-state index in [9.17, 15) is 9.59 Å². The molecule has 0 spiro atoms. The molecular formula is C17H17ClN2O5. The largest absolute Gasteiger partial charge is 0.493 e. The number of amides is 1. The number of halogens is 1. The molecule has 1 heterocycles. The molecule has 0 saturated carbocycles. The number of anilines is 1. The summed E-state index contributed by atoms with van der Waals surface area (Å²) in [5, 5.41) is 2.98. The molecule has 1 N–H and O–H groups in total. The Kier molecular flexibility index (Phi) is 6.19. The van der Waals surface area contributed by atoms with Gasteiger partial charge in [0.05, 0.1) is 19.2 Å². The second kappa shape index (κ2) is 8.34. The number of hydrogen-bond donors (Lipinski definition) is 1. The second-order valence-corrected chi connectivity index (χ2v) is 5.38. The summed E-state index contributed by atoms with van der Waals surface area (Å²) < 4.78 is 15.5. The molecule has 0 aliphatic rings. The number of esters is 1. The summed E-state index contributed by atoms with van der Waals surface area (Å²) in [5.74, 6) is -0.301. The van der Waals surface area contributed by atoms with Crippen LogP contribution in [0.5, 0.6) is 11.5 Å². The summed E-state index contributed by atoms with van der Waals surface area (Å²) in [5.41, 5.74) is 0.158. The van der Waals surface area contributed by atoms with Crippen molar-refractivity contribution in [2.45, 2.75) is 13.0 Å². The average molecular weight is 365 g/mol. The van der Waals surface area contributed by atoms with Crippen molar-refractivity contribution < 1.29 is 23.8 Å². The van der Waals surface area contributed by atoms with Gasteiger partial charge in [0, 0.05) is 6.20 Å². The predicted molar refractivity (Wildman–Crippen MR) is 92.3 cm³/mol. The van der Waals surface area contributed by atoms with Crippen LogP contribution in [0.3, 0.4) is 0 Å². The van der Waals surface area contributed by atoms with E-state index in [4.69, 9.17) is 25.8 Å². The molecule has 0 unspecified atom stereocenters. The first kappa shape index (κ1) is 18.5. The van der Waals surface area contributed by atoms with E-state index < -0.39 is 18.0 Å². The van der Waals surface area contributed by atoms with Gasteiger partial charge in [0.25, 0.3) is 5.91 Å². The van der Waals surface area contributed by atoms with Crippen LogP contribution in [-0.2, 0) is 9.53 Å². The van der Waals surface area contributed by atoms with Crippen LogP contribution in [-0.4, -0.2) is 37.2 Å². The Balaban J connectivity index is 2.07. The van der Waals surface area contributed by atoms with E-state index in [1.165, 1.54) is 33.4 Å². The summed E-state index contributed by atoms with van der Waals surface area (Å²) in [6, 6.07) is 7.93. The van der Waals surface area contributed by atoms with Crippen LogP contribution < -0.4 is 14.8 Å². The molecule has 0 fully saturated rings. The van der Waals surface area contributed by atoms with Crippen molar-refractivity contribution in [3.05, 3.63) is 47.1 Å². The third-order valence-electron chi connectivity index (χ3n) is 3.25. The number of aromatic nitrogens is 1. The lowest BCUT2D eigenvalue weighted by atomic mass is 10.2. The molecule has 0 saturated heterocycles. The van der Waals surface area contributed by atoms with Crippen molar-refractivity contribution in [3.8, 4) is 11.5 Å². The number of benzene rings is 1. The van der Waals surface area contributed by atoms with Gasteiger partial charge in [-0.1, -0.05) is 17.7 Å². The normalized spacial score (nSPS) is 11.4. The lowest BCUT2D eigenvalue weighted by molar-refractivity contribution is -0.123. The van der Waals surface area contributed by atoms with Gasteiger partial charge in [-0.3, -0.25) is 4.79 Å². The number of methoxy groups -OCH3 is 2. The summed E-state index contributed by atoms with van der Waals surface area (Å²) in [4.78, 5) is 28.4. The Morgan fingerprint density at radius 3 is 2.52 bits per heavy atom. The van der Waals surface area contributed by atoms with Crippen molar-refractivity contribution in [3.63, 3.8) is 0 Å². The molecule has 1 aromatic carbocycles. The highest BCUT2D eigenvalue weighted by atomic mass is 35.5. The fourth-order valence-electron chi connectivity index (χ4n) is 2.00. The number of carbonyl (C=O) groups excluding carboxylic acids is 2. The zero-order valence-electron chi connectivity index (χ0n) is 13.9. The maximum absolute atomic E-state index is 12.3. The summed E-state index contributed by atoms with van der Waals surface area (Å²) >= 11 is 5.73. The molecular weight excluding hydrogens is 348 g/mol. The Bertz CT molecular complexity index is 764. The van der Waals surface area contributed by atoms with E-state index in [0.717, 1.165) is 0 Å². The van der Waals surface area contributed by atoms with Gasteiger partial charge in [0.1, 0.15) is 11.4 Å².